The molecular weight excluding hydrogens is 326 g/mol. The van der Waals surface area contributed by atoms with Crippen LogP contribution in [0.25, 0.3) is 0 Å². The minimum atomic E-state index is -3.42. The Morgan fingerprint density at radius 2 is 1.88 bits per heavy atom. The standard InChI is InChI=1S/C17H27N3O3S/c1-3-20(4-2)24(22,23)16-8-5-14(6-9-16)7-10-17(21)19-12-11-15(18)13-19/h5-6,8-9,15H,3-4,7,10-13,18H2,1-2H3/t15-/m1/s1. The lowest BCUT2D eigenvalue weighted by Crippen LogP contribution is -2.32. The maximum absolute atomic E-state index is 12.4. The van der Waals surface area contributed by atoms with Gasteiger partial charge in [0.25, 0.3) is 0 Å². The second kappa shape index (κ2) is 8.09. The second-order valence-electron chi connectivity index (χ2n) is 6.12. The van der Waals surface area contributed by atoms with Crippen LogP contribution in [-0.4, -0.2) is 55.8 Å². The van der Waals surface area contributed by atoms with Crippen LogP contribution in [0.1, 0.15) is 32.3 Å². The van der Waals surface area contributed by atoms with Crippen LogP contribution in [0.4, 0.5) is 0 Å². The Morgan fingerprint density at radius 1 is 1.25 bits per heavy atom. The van der Waals surface area contributed by atoms with Crippen molar-refractivity contribution in [1.29, 1.82) is 0 Å². The van der Waals surface area contributed by atoms with Crippen molar-refractivity contribution in [3.63, 3.8) is 0 Å². The zero-order valence-corrected chi connectivity index (χ0v) is 15.3. The van der Waals surface area contributed by atoms with Crippen molar-refractivity contribution in [2.75, 3.05) is 26.2 Å². The number of nitrogens with zero attached hydrogens (tertiary/aromatic N) is 2. The predicted molar refractivity (Wildman–Crippen MR) is 94.0 cm³/mol. The van der Waals surface area contributed by atoms with Gasteiger partial charge in [-0.3, -0.25) is 4.79 Å². The van der Waals surface area contributed by atoms with Gasteiger partial charge in [0.1, 0.15) is 0 Å². The molecule has 0 spiro atoms. The van der Waals surface area contributed by atoms with Crippen LogP contribution in [-0.2, 0) is 21.2 Å². The molecule has 7 heteroatoms. The van der Waals surface area contributed by atoms with Gasteiger partial charge in [0.15, 0.2) is 0 Å². The highest BCUT2D eigenvalue weighted by Crippen LogP contribution is 2.17. The van der Waals surface area contributed by atoms with Crippen LogP contribution in [0, 0.1) is 0 Å². The van der Waals surface area contributed by atoms with Gasteiger partial charge in [-0.15, -0.1) is 0 Å². The summed E-state index contributed by atoms with van der Waals surface area (Å²) in [6, 6.07) is 6.93. The quantitative estimate of drug-likeness (QED) is 0.798. The van der Waals surface area contributed by atoms with E-state index in [0.717, 1.165) is 18.5 Å². The fraction of sp³-hybridized carbons (Fsp3) is 0.588. The molecule has 2 N–H and O–H groups in total. The molecular formula is C17H27N3O3S. The summed E-state index contributed by atoms with van der Waals surface area (Å²) in [5.74, 6) is 0.114. The van der Waals surface area contributed by atoms with Crippen LogP contribution >= 0.6 is 0 Å². The lowest BCUT2D eigenvalue weighted by atomic mass is 10.1. The topological polar surface area (TPSA) is 83.7 Å². The van der Waals surface area contributed by atoms with E-state index in [4.69, 9.17) is 5.73 Å². The third kappa shape index (κ3) is 4.34. The lowest BCUT2D eigenvalue weighted by molar-refractivity contribution is -0.130. The van der Waals surface area contributed by atoms with Crippen molar-refractivity contribution < 1.29 is 13.2 Å². The average molecular weight is 353 g/mol. The molecule has 1 aliphatic heterocycles. The average Bonchev–Trinajstić information content (AvgIpc) is 3.00. The molecule has 0 bridgehead atoms. The summed E-state index contributed by atoms with van der Waals surface area (Å²) in [6.07, 6.45) is 1.90. The third-order valence-electron chi connectivity index (χ3n) is 4.47. The van der Waals surface area contributed by atoms with Crippen molar-refractivity contribution in [3.8, 4) is 0 Å². The molecule has 0 aromatic heterocycles. The van der Waals surface area contributed by atoms with E-state index in [2.05, 4.69) is 0 Å². The fourth-order valence-corrected chi connectivity index (χ4v) is 4.42. The predicted octanol–water partition coefficient (Wildman–Crippen LogP) is 1.21. The smallest absolute Gasteiger partial charge is 0.243 e. The fourth-order valence-electron chi connectivity index (χ4n) is 2.96. The van der Waals surface area contributed by atoms with Crippen LogP contribution in [0.3, 0.4) is 0 Å². The first-order valence-corrected chi connectivity index (χ1v) is 9.95. The number of aryl methyl sites for hydroxylation is 1. The Bertz CT molecular complexity index is 654. The van der Waals surface area contributed by atoms with Gasteiger partial charge in [0.2, 0.25) is 15.9 Å². The Kier molecular flexibility index (Phi) is 6.37. The molecule has 134 valence electrons. The van der Waals surface area contributed by atoms with E-state index >= 15 is 0 Å². The molecule has 1 saturated heterocycles. The van der Waals surface area contributed by atoms with Crippen molar-refractivity contribution in [3.05, 3.63) is 29.8 Å². The van der Waals surface area contributed by atoms with Crippen molar-refractivity contribution >= 4 is 15.9 Å². The van der Waals surface area contributed by atoms with Gasteiger partial charge in [0, 0.05) is 38.6 Å². The van der Waals surface area contributed by atoms with E-state index in [0.29, 0.717) is 37.4 Å². The molecule has 1 heterocycles. The highest BCUT2D eigenvalue weighted by molar-refractivity contribution is 7.89. The highest BCUT2D eigenvalue weighted by Gasteiger charge is 2.23. The summed E-state index contributed by atoms with van der Waals surface area (Å²) < 4.78 is 26.3. The number of sulfonamides is 1. The monoisotopic (exact) mass is 353 g/mol. The highest BCUT2D eigenvalue weighted by atomic mass is 32.2. The molecule has 1 atom stereocenters. The van der Waals surface area contributed by atoms with Gasteiger partial charge >= 0.3 is 0 Å². The number of carbonyl (C=O) groups excluding carboxylic acids is 1. The second-order valence-corrected chi connectivity index (χ2v) is 8.06. The number of hydrogen-bond acceptors (Lipinski definition) is 4. The largest absolute Gasteiger partial charge is 0.341 e. The van der Waals surface area contributed by atoms with Gasteiger partial charge in [-0.2, -0.15) is 4.31 Å². The van der Waals surface area contributed by atoms with Crippen LogP contribution in [0.5, 0.6) is 0 Å². The summed E-state index contributed by atoms with van der Waals surface area (Å²) >= 11 is 0. The van der Waals surface area contributed by atoms with E-state index in [1.807, 2.05) is 18.7 Å². The maximum atomic E-state index is 12.4. The van der Waals surface area contributed by atoms with E-state index in [9.17, 15) is 13.2 Å². The number of rotatable bonds is 7. The molecule has 1 fully saturated rings. The molecule has 2 rings (SSSR count). The van der Waals surface area contributed by atoms with Gasteiger partial charge < -0.3 is 10.6 Å². The molecule has 1 amide bonds. The number of carbonyl (C=O) groups is 1. The summed E-state index contributed by atoms with van der Waals surface area (Å²) in [7, 11) is -3.42. The van der Waals surface area contributed by atoms with Gasteiger partial charge in [-0.25, -0.2) is 8.42 Å². The number of benzene rings is 1. The molecule has 0 radical (unpaired) electrons. The molecule has 0 saturated carbocycles. The van der Waals surface area contributed by atoms with E-state index in [-0.39, 0.29) is 11.9 Å². The number of likely N-dealkylation sites (tertiary alicyclic amines) is 1. The van der Waals surface area contributed by atoms with E-state index < -0.39 is 10.0 Å². The van der Waals surface area contributed by atoms with Crippen LogP contribution in [0.15, 0.2) is 29.2 Å². The maximum Gasteiger partial charge on any atom is 0.243 e. The van der Waals surface area contributed by atoms with Gasteiger partial charge in [-0.05, 0) is 30.5 Å². The molecule has 0 aliphatic carbocycles. The molecule has 1 aromatic carbocycles. The summed E-state index contributed by atoms with van der Waals surface area (Å²) in [6.45, 7) is 5.93. The van der Waals surface area contributed by atoms with E-state index in [1.165, 1.54) is 4.31 Å². The minimum absolute atomic E-state index is 0.0958. The summed E-state index contributed by atoms with van der Waals surface area (Å²) in [5.41, 5.74) is 6.78. The summed E-state index contributed by atoms with van der Waals surface area (Å²) in [5, 5.41) is 0. The molecule has 6 nitrogen and oxygen atoms in total. The van der Waals surface area contributed by atoms with Gasteiger partial charge in [0.05, 0.1) is 4.90 Å². The molecule has 1 aliphatic rings. The van der Waals surface area contributed by atoms with Crippen molar-refractivity contribution in [1.82, 2.24) is 9.21 Å². The first-order valence-electron chi connectivity index (χ1n) is 8.51. The first-order chi connectivity index (χ1) is 11.4. The van der Waals surface area contributed by atoms with Crippen LogP contribution < -0.4 is 5.73 Å². The molecule has 0 unspecified atom stereocenters. The number of nitrogens with two attached hydrogens (primary N) is 1. The van der Waals surface area contributed by atoms with E-state index in [1.54, 1.807) is 24.3 Å². The molecule has 24 heavy (non-hydrogen) atoms. The van der Waals surface area contributed by atoms with Crippen molar-refractivity contribution in [2.45, 2.75) is 44.0 Å². The Morgan fingerprint density at radius 3 is 2.38 bits per heavy atom. The van der Waals surface area contributed by atoms with Crippen LogP contribution in [0.2, 0.25) is 0 Å². The van der Waals surface area contributed by atoms with Gasteiger partial charge in [-0.1, -0.05) is 26.0 Å². The number of hydrogen-bond donors (Lipinski definition) is 1. The summed E-state index contributed by atoms with van der Waals surface area (Å²) in [4.78, 5) is 14.2. The first kappa shape index (κ1) is 18.9. The normalized spacial score (nSPS) is 18.3. The Hall–Kier alpha value is -1.44. The van der Waals surface area contributed by atoms with Crippen molar-refractivity contribution in [2.24, 2.45) is 5.73 Å². The Balaban J connectivity index is 1.96. The third-order valence-corrected chi connectivity index (χ3v) is 6.54. The SMILES string of the molecule is CCN(CC)S(=O)(=O)c1ccc(CCC(=O)N2CC[C@@H](N)C2)cc1. The molecule has 1 aromatic rings. The zero-order chi connectivity index (χ0) is 17.7. The number of amides is 1. The lowest BCUT2D eigenvalue weighted by Gasteiger charge is -2.18. The Labute approximate surface area is 144 Å². The minimum Gasteiger partial charge on any atom is -0.341 e. The zero-order valence-electron chi connectivity index (χ0n) is 14.4.